The lowest BCUT2D eigenvalue weighted by atomic mass is 10.1. The maximum Gasteiger partial charge on any atom is 0.0360 e. The standard InChI is InChI=1S/C12H15BrClN/c13-11-3-1-2-10(8-11)9-15-6-4-12(14)5-7-15/h1-3,8,12H,4-7,9H2. The Morgan fingerprint density at radius 2 is 2.07 bits per heavy atom. The van der Waals surface area contributed by atoms with Crippen molar-refractivity contribution < 1.29 is 0 Å². The molecule has 0 saturated carbocycles. The summed E-state index contributed by atoms with van der Waals surface area (Å²) in [6.07, 6.45) is 2.24. The highest BCUT2D eigenvalue weighted by molar-refractivity contribution is 9.10. The molecule has 1 aromatic carbocycles. The maximum atomic E-state index is 6.08. The average Bonchev–Trinajstić information content (AvgIpc) is 2.22. The van der Waals surface area contributed by atoms with Crippen LogP contribution in [0.25, 0.3) is 0 Å². The van der Waals surface area contributed by atoms with Crippen LogP contribution >= 0.6 is 27.5 Å². The molecule has 1 nitrogen and oxygen atoms in total. The van der Waals surface area contributed by atoms with E-state index in [1.54, 1.807) is 0 Å². The van der Waals surface area contributed by atoms with E-state index < -0.39 is 0 Å². The summed E-state index contributed by atoms with van der Waals surface area (Å²) < 4.78 is 1.16. The molecule has 0 spiro atoms. The van der Waals surface area contributed by atoms with Gasteiger partial charge in [-0.2, -0.15) is 0 Å². The van der Waals surface area contributed by atoms with E-state index in [9.17, 15) is 0 Å². The number of piperidine rings is 1. The fourth-order valence-electron chi connectivity index (χ4n) is 1.95. The molecule has 0 aromatic heterocycles. The highest BCUT2D eigenvalue weighted by Gasteiger charge is 2.16. The number of likely N-dealkylation sites (tertiary alicyclic amines) is 1. The van der Waals surface area contributed by atoms with Crippen LogP contribution in [-0.2, 0) is 6.54 Å². The van der Waals surface area contributed by atoms with E-state index in [4.69, 9.17) is 11.6 Å². The minimum atomic E-state index is 0.392. The minimum absolute atomic E-state index is 0.392. The maximum absolute atomic E-state index is 6.08. The fourth-order valence-corrected chi connectivity index (χ4v) is 2.59. The Labute approximate surface area is 105 Å². The molecule has 82 valence electrons. The number of halogens is 2. The van der Waals surface area contributed by atoms with E-state index in [1.807, 2.05) is 0 Å². The van der Waals surface area contributed by atoms with E-state index in [2.05, 4.69) is 45.1 Å². The molecule has 1 saturated heterocycles. The molecule has 1 aliphatic rings. The molecular weight excluding hydrogens is 273 g/mol. The molecule has 0 radical (unpaired) electrons. The molecule has 0 bridgehead atoms. The zero-order valence-corrected chi connectivity index (χ0v) is 11.0. The number of rotatable bonds is 2. The van der Waals surface area contributed by atoms with Crippen molar-refractivity contribution in [3.8, 4) is 0 Å². The first kappa shape index (κ1) is 11.4. The van der Waals surface area contributed by atoms with Gasteiger partial charge >= 0.3 is 0 Å². The monoisotopic (exact) mass is 287 g/mol. The second kappa shape index (κ2) is 5.33. The highest BCUT2D eigenvalue weighted by Crippen LogP contribution is 2.19. The van der Waals surface area contributed by atoms with E-state index in [-0.39, 0.29) is 0 Å². The SMILES string of the molecule is ClC1CCN(Cc2cccc(Br)c2)CC1. The molecule has 1 fully saturated rings. The lowest BCUT2D eigenvalue weighted by molar-refractivity contribution is 0.223. The van der Waals surface area contributed by atoms with Crippen LogP contribution in [0.4, 0.5) is 0 Å². The predicted octanol–water partition coefficient (Wildman–Crippen LogP) is 3.65. The smallest absolute Gasteiger partial charge is 0.0360 e. The van der Waals surface area contributed by atoms with Gasteiger partial charge in [0.1, 0.15) is 0 Å². The molecule has 0 atom stereocenters. The molecule has 2 rings (SSSR count). The van der Waals surface area contributed by atoms with E-state index in [1.165, 1.54) is 5.56 Å². The largest absolute Gasteiger partial charge is 0.299 e. The summed E-state index contributed by atoms with van der Waals surface area (Å²) in [5.41, 5.74) is 1.37. The summed E-state index contributed by atoms with van der Waals surface area (Å²) in [6.45, 7) is 3.30. The van der Waals surface area contributed by atoms with E-state index >= 15 is 0 Å². The van der Waals surface area contributed by atoms with Gasteiger partial charge in [-0.3, -0.25) is 4.90 Å². The first-order chi connectivity index (χ1) is 7.24. The predicted molar refractivity (Wildman–Crippen MR) is 68.3 cm³/mol. The Balaban J connectivity index is 1.92. The molecule has 1 heterocycles. The summed E-state index contributed by atoms with van der Waals surface area (Å²) in [5.74, 6) is 0. The number of benzene rings is 1. The van der Waals surface area contributed by atoms with Gasteiger partial charge in [0.25, 0.3) is 0 Å². The van der Waals surface area contributed by atoms with Crippen LogP contribution in [0.2, 0.25) is 0 Å². The fraction of sp³-hybridized carbons (Fsp3) is 0.500. The average molecular weight is 289 g/mol. The van der Waals surface area contributed by atoms with Gasteiger partial charge in [-0.05, 0) is 43.6 Å². The second-order valence-corrected chi connectivity index (χ2v) is 5.61. The van der Waals surface area contributed by atoms with Crippen LogP contribution < -0.4 is 0 Å². The third-order valence-electron chi connectivity index (χ3n) is 2.81. The first-order valence-electron chi connectivity index (χ1n) is 5.35. The van der Waals surface area contributed by atoms with Crippen molar-refractivity contribution in [3.05, 3.63) is 34.3 Å². The quantitative estimate of drug-likeness (QED) is 0.751. The minimum Gasteiger partial charge on any atom is -0.299 e. The third-order valence-corrected chi connectivity index (χ3v) is 3.74. The number of alkyl halides is 1. The Kier molecular flexibility index (Phi) is 4.06. The van der Waals surface area contributed by atoms with Gasteiger partial charge in [0, 0.05) is 16.4 Å². The van der Waals surface area contributed by atoms with Crippen molar-refractivity contribution in [1.82, 2.24) is 4.90 Å². The summed E-state index contributed by atoms with van der Waals surface area (Å²) in [7, 11) is 0. The van der Waals surface area contributed by atoms with Gasteiger partial charge < -0.3 is 0 Å². The lowest BCUT2D eigenvalue weighted by Crippen LogP contribution is -2.33. The molecule has 0 aliphatic carbocycles. The lowest BCUT2D eigenvalue weighted by Gasteiger charge is -2.29. The van der Waals surface area contributed by atoms with Crippen LogP contribution in [0.15, 0.2) is 28.7 Å². The van der Waals surface area contributed by atoms with Gasteiger partial charge in [0.05, 0.1) is 0 Å². The van der Waals surface area contributed by atoms with Crippen LogP contribution in [0.1, 0.15) is 18.4 Å². The van der Waals surface area contributed by atoms with Crippen molar-refractivity contribution in [2.75, 3.05) is 13.1 Å². The Bertz CT molecular complexity index is 321. The zero-order valence-electron chi connectivity index (χ0n) is 8.63. The number of nitrogens with zero attached hydrogens (tertiary/aromatic N) is 1. The first-order valence-corrected chi connectivity index (χ1v) is 6.58. The molecule has 3 heteroatoms. The highest BCUT2D eigenvalue weighted by atomic mass is 79.9. The van der Waals surface area contributed by atoms with Crippen LogP contribution in [0, 0.1) is 0 Å². The molecular formula is C12H15BrClN. The van der Waals surface area contributed by atoms with Crippen molar-refractivity contribution in [1.29, 1.82) is 0 Å². The Morgan fingerprint density at radius 3 is 2.73 bits per heavy atom. The van der Waals surface area contributed by atoms with Gasteiger partial charge in [0.2, 0.25) is 0 Å². The molecule has 0 amide bonds. The number of hydrogen-bond donors (Lipinski definition) is 0. The van der Waals surface area contributed by atoms with Crippen molar-refractivity contribution in [2.24, 2.45) is 0 Å². The van der Waals surface area contributed by atoms with Gasteiger partial charge in [-0.25, -0.2) is 0 Å². The van der Waals surface area contributed by atoms with E-state index in [0.29, 0.717) is 5.38 Å². The topological polar surface area (TPSA) is 3.24 Å². The summed E-state index contributed by atoms with van der Waals surface area (Å²) >= 11 is 9.57. The normalized spacial score (nSPS) is 19.3. The third kappa shape index (κ3) is 3.47. The Hall–Kier alpha value is -0.0500. The van der Waals surface area contributed by atoms with Crippen molar-refractivity contribution >= 4 is 27.5 Å². The summed E-state index contributed by atoms with van der Waals surface area (Å²) in [6, 6.07) is 8.52. The van der Waals surface area contributed by atoms with Crippen LogP contribution in [0.3, 0.4) is 0 Å². The molecule has 1 aromatic rings. The van der Waals surface area contributed by atoms with Crippen LogP contribution in [-0.4, -0.2) is 23.4 Å². The Morgan fingerprint density at radius 1 is 1.33 bits per heavy atom. The summed E-state index contributed by atoms with van der Waals surface area (Å²) in [5, 5.41) is 0.392. The summed E-state index contributed by atoms with van der Waals surface area (Å²) in [4.78, 5) is 2.47. The van der Waals surface area contributed by atoms with Gasteiger partial charge in [-0.1, -0.05) is 28.1 Å². The van der Waals surface area contributed by atoms with Crippen molar-refractivity contribution in [3.63, 3.8) is 0 Å². The molecule has 0 N–H and O–H groups in total. The second-order valence-electron chi connectivity index (χ2n) is 4.08. The van der Waals surface area contributed by atoms with Crippen LogP contribution in [0.5, 0.6) is 0 Å². The van der Waals surface area contributed by atoms with E-state index in [0.717, 1.165) is 36.9 Å². The molecule has 0 unspecified atom stereocenters. The zero-order chi connectivity index (χ0) is 10.7. The molecule has 15 heavy (non-hydrogen) atoms. The number of hydrogen-bond acceptors (Lipinski definition) is 1. The van der Waals surface area contributed by atoms with Gasteiger partial charge in [-0.15, -0.1) is 11.6 Å². The van der Waals surface area contributed by atoms with Crippen molar-refractivity contribution in [2.45, 2.75) is 24.8 Å². The van der Waals surface area contributed by atoms with Gasteiger partial charge in [0.15, 0.2) is 0 Å². The molecule has 1 aliphatic heterocycles.